The van der Waals surface area contributed by atoms with Crippen molar-refractivity contribution in [3.63, 3.8) is 0 Å². The standard InChI is InChI=1S/C12H16BrClN2/c1-15-4-6-16(7-5-15)9-10-2-3-11(13)12(14)8-10/h2-3,8H,4-7,9H2,1H3. The quantitative estimate of drug-likeness (QED) is 0.829. The Kier molecular flexibility index (Phi) is 4.25. The third kappa shape index (κ3) is 3.20. The molecule has 1 aliphatic rings. The van der Waals surface area contributed by atoms with Gasteiger partial charge in [-0.15, -0.1) is 0 Å². The van der Waals surface area contributed by atoms with Crippen LogP contribution < -0.4 is 0 Å². The fourth-order valence-corrected chi connectivity index (χ4v) is 2.35. The van der Waals surface area contributed by atoms with Crippen LogP contribution in [0.5, 0.6) is 0 Å². The molecule has 1 aromatic rings. The van der Waals surface area contributed by atoms with Crippen molar-refractivity contribution in [3.05, 3.63) is 33.3 Å². The van der Waals surface area contributed by atoms with Gasteiger partial charge in [-0.3, -0.25) is 4.90 Å². The maximum Gasteiger partial charge on any atom is 0.0551 e. The Morgan fingerprint density at radius 1 is 1.25 bits per heavy atom. The molecule has 4 heteroatoms. The molecule has 0 unspecified atom stereocenters. The lowest BCUT2D eigenvalue weighted by molar-refractivity contribution is 0.148. The van der Waals surface area contributed by atoms with Crippen molar-refractivity contribution in [1.82, 2.24) is 9.80 Å². The van der Waals surface area contributed by atoms with Gasteiger partial charge in [0.05, 0.1) is 5.02 Å². The molecule has 1 heterocycles. The van der Waals surface area contributed by atoms with E-state index in [4.69, 9.17) is 11.6 Å². The van der Waals surface area contributed by atoms with Crippen LogP contribution in [-0.4, -0.2) is 43.0 Å². The smallest absolute Gasteiger partial charge is 0.0551 e. The maximum absolute atomic E-state index is 6.08. The van der Waals surface area contributed by atoms with Gasteiger partial charge in [0.25, 0.3) is 0 Å². The highest BCUT2D eigenvalue weighted by atomic mass is 79.9. The Morgan fingerprint density at radius 3 is 2.56 bits per heavy atom. The summed E-state index contributed by atoms with van der Waals surface area (Å²) in [6.45, 7) is 5.60. The molecule has 0 aliphatic carbocycles. The molecule has 0 bridgehead atoms. The molecule has 0 amide bonds. The van der Waals surface area contributed by atoms with Gasteiger partial charge in [-0.25, -0.2) is 0 Å². The van der Waals surface area contributed by atoms with Crippen LogP contribution in [0.3, 0.4) is 0 Å². The zero-order chi connectivity index (χ0) is 11.5. The van der Waals surface area contributed by atoms with Crippen LogP contribution >= 0.6 is 27.5 Å². The Morgan fingerprint density at radius 2 is 1.94 bits per heavy atom. The molecule has 0 atom stereocenters. The second-order valence-electron chi connectivity index (χ2n) is 4.33. The van der Waals surface area contributed by atoms with Crippen molar-refractivity contribution in [1.29, 1.82) is 0 Å². The summed E-state index contributed by atoms with van der Waals surface area (Å²) < 4.78 is 0.969. The van der Waals surface area contributed by atoms with E-state index in [0.29, 0.717) is 0 Å². The Hall–Kier alpha value is -0.0900. The van der Waals surface area contributed by atoms with E-state index in [1.54, 1.807) is 0 Å². The van der Waals surface area contributed by atoms with E-state index in [1.165, 1.54) is 5.56 Å². The number of benzene rings is 1. The van der Waals surface area contributed by atoms with Gasteiger partial charge in [0.15, 0.2) is 0 Å². The normalized spacial score (nSPS) is 18.9. The topological polar surface area (TPSA) is 6.48 Å². The second kappa shape index (κ2) is 5.50. The molecule has 16 heavy (non-hydrogen) atoms. The van der Waals surface area contributed by atoms with Crippen molar-refractivity contribution in [2.24, 2.45) is 0 Å². The maximum atomic E-state index is 6.08. The first-order valence-corrected chi connectivity index (χ1v) is 6.67. The van der Waals surface area contributed by atoms with Crippen LogP contribution in [0.2, 0.25) is 5.02 Å². The van der Waals surface area contributed by atoms with Gasteiger partial charge >= 0.3 is 0 Å². The lowest BCUT2D eigenvalue weighted by Gasteiger charge is -2.32. The van der Waals surface area contributed by atoms with Gasteiger partial charge in [0.2, 0.25) is 0 Å². The fourth-order valence-electron chi connectivity index (χ4n) is 1.90. The number of halogens is 2. The van der Waals surface area contributed by atoms with Crippen molar-refractivity contribution < 1.29 is 0 Å². The Labute approximate surface area is 110 Å². The first kappa shape index (κ1) is 12.4. The summed E-state index contributed by atoms with van der Waals surface area (Å²) in [6.07, 6.45) is 0. The Balaban J connectivity index is 1.96. The van der Waals surface area contributed by atoms with Crippen LogP contribution in [-0.2, 0) is 6.54 Å². The number of nitrogens with zero attached hydrogens (tertiary/aromatic N) is 2. The minimum absolute atomic E-state index is 0.798. The molecule has 1 aliphatic heterocycles. The fraction of sp³-hybridized carbons (Fsp3) is 0.500. The summed E-state index contributed by atoms with van der Waals surface area (Å²) in [7, 11) is 2.17. The summed E-state index contributed by atoms with van der Waals surface area (Å²) in [5.74, 6) is 0. The highest BCUT2D eigenvalue weighted by Crippen LogP contribution is 2.23. The summed E-state index contributed by atoms with van der Waals surface area (Å²) in [4.78, 5) is 4.84. The zero-order valence-corrected chi connectivity index (χ0v) is 11.8. The van der Waals surface area contributed by atoms with Gasteiger partial charge < -0.3 is 4.90 Å². The van der Waals surface area contributed by atoms with Crippen LogP contribution in [0.4, 0.5) is 0 Å². The molecule has 1 fully saturated rings. The Bertz CT molecular complexity index is 362. The largest absolute Gasteiger partial charge is 0.304 e. The molecule has 1 aromatic carbocycles. The molecule has 2 nitrogen and oxygen atoms in total. The zero-order valence-electron chi connectivity index (χ0n) is 9.42. The van der Waals surface area contributed by atoms with Gasteiger partial charge in [-0.05, 0) is 40.7 Å². The van der Waals surface area contributed by atoms with Crippen LogP contribution in [0, 0.1) is 0 Å². The van der Waals surface area contributed by atoms with Crippen LogP contribution in [0.15, 0.2) is 22.7 Å². The molecule has 0 saturated carbocycles. The molecule has 2 rings (SSSR count). The predicted octanol–water partition coefficient (Wildman–Crippen LogP) is 2.85. The van der Waals surface area contributed by atoms with Gasteiger partial charge in [0.1, 0.15) is 0 Å². The lowest BCUT2D eigenvalue weighted by atomic mass is 10.2. The van der Waals surface area contributed by atoms with Crippen LogP contribution in [0.25, 0.3) is 0 Å². The van der Waals surface area contributed by atoms with Crippen molar-refractivity contribution in [3.8, 4) is 0 Å². The number of rotatable bonds is 2. The second-order valence-corrected chi connectivity index (χ2v) is 5.59. The van der Waals surface area contributed by atoms with E-state index in [-0.39, 0.29) is 0 Å². The van der Waals surface area contributed by atoms with Gasteiger partial charge in [0, 0.05) is 37.2 Å². The minimum atomic E-state index is 0.798. The van der Waals surface area contributed by atoms with E-state index < -0.39 is 0 Å². The minimum Gasteiger partial charge on any atom is -0.304 e. The third-order valence-electron chi connectivity index (χ3n) is 2.99. The summed E-state index contributed by atoms with van der Waals surface area (Å²) >= 11 is 9.49. The van der Waals surface area contributed by atoms with E-state index in [9.17, 15) is 0 Å². The monoisotopic (exact) mass is 302 g/mol. The number of piperazine rings is 1. The molecular weight excluding hydrogens is 288 g/mol. The average molecular weight is 304 g/mol. The molecule has 0 spiro atoms. The predicted molar refractivity (Wildman–Crippen MR) is 71.9 cm³/mol. The summed E-state index contributed by atoms with van der Waals surface area (Å²) in [5.41, 5.74) is 1.29. The number of likely N-dealkylation sites (N-methyl/N-ethyl adjacent to an activating group) is 1. The third-order valence-corrected chi connectivity index (χ3v) is 4.22. The van der Waals surface area contributed by atoms with Gasteiger partial charge in [-0.1, -0.05) is 17.7 Å². The summed E-state index contributed by atoms with van der Waals surface area (Å²) in [6, 6.07) is 6.20. The average Bonchev–Trinajstić information content (AvgIpc) is 2.27. The molecule has 0 radical (unpaired) electrons. The summed E-state index contributed by atoms with van der Waals surface area (Å²) in [5, 5.41) is 0.798. The highest BCUT2D eigenvalue weighted by Gasteiger charge is 2.13. The molecular formula is C12H16BrClN2. The first-order valence-electron chi connectivity index (χ1n) is 5.50. The molecule has 1 saturated heterocycles. The SMILES string of the molecule is CN1CCN(Cc2ccc(Br)c(Cl)c2)CC1. The van der Waals surface area contributed by atoms with E-state index >= 15 is 0 Å². The molecule has 88 valence electrons. The molecule has 0 aromatic heterocycles. The number of hydrogen-bond acceptors (Lipinski definition) is 2. The lowest BCUT2D eigenvalue weighted by Crippen LogP contribution is -2.43. The highest BCUT2D eigenvalue weighted by molar-refractivity contribution is 9.10. The first-order chi connectivity index (χ1) is 7.65. The van der Waals surface area contributed by atoms with Gasteiger partial charge in [-0.2, -0.15) is 0 Å². The van der Waals surface area contributed by atoms with Crippen molar-refractivity contribution >= 4 is 27.5 Å². The van der Waals surface area contributed by atoms with E-state index in [1.807, 2.05) is 12.1 Å². The molecule has 0 N–H and O–H groups in total. The number of hydrogen-bond donors (Lipinski definition) is 0. The van der Waals surface area contributed by atoms with E-state index in [0.717, 1.165) is 42.2 Å². The van der Waals surface area contributed by atoms with Crippen LogP contribution in [0.1, 0.15) is 5.56 Å². The van der Waals surface area contributed by atoms with Crippen molar-refractivity contribution in [2.75, 3.05) is 33.2 Å². The van der Waals surface area contributed by atoms with Crippen molar-refractivity contribution in [2.45, 2.75) is 6.54 Å². The van der Waals surface area contributed by atoms with E-state index in [2.05, 4.69) is 38.8 Å².